The number of hydrogen-bond acceptors (Lipinski definition) is 3. The third-order valence-corrected chi connectivity index (χ3v) is 4.21. The average molecular weight is 316 g/mol. The molecule has 1 atom stereocenters. The van der Waals surface area contributed by atoms with Gasteiger partial charge in [0.15, 0.2) is 0 Å². The van der Waals surface area contributed by atoms with E-state index in [9.17, 15) is 0 Å². The van der Waals surface area contributed by atoms with Gasteiger partial charge in [-0.25, -0.2) is 4.68 Å². The van der Waals surface area contributed by atoms with E-state index < -0.39 is 0 Å². The minimum absolute atomic E-state index is 0.193. The van der Waals surface area contributed by atoms with Gasteiger partial charge >= 0.3 is 0 Å². The van der Waals surface area contributed by atoms with Crippen LogP contribution in [0, 0.1) is 18.3 Å². The van der Waals surface area contributed by atoms with Crippen LogP contribution in [-0.2, 0) is 6.54 Å². The van der Waals surface area contributed by atoms with Crippen molar-refractivity contribution in [2.45, 2.75) is 26.4 Å². The van der Waals surface area contributed by atoms with Crippen molar-refractivity contribution in [3.8, 4) is 11.8 Å². The monoisotopic (exact) mass is 316 g/mol. The number of hydrogen-bond donors (Lipinski definition) is 1. The van der Waals surface area contributed by atoms with Gasteiger partial charge < -0.3 is 5.32 Å². The Kier molecular flexibility index (Phi) is 4.74. The summed E-state index contributed by atoms with van der Waals surface area (Å²) < 4.78 is 1.97. The number of aromatic nitrogens is 2. The van der Waals surface area contributed by atoms with Crippen molar-refractivity contribution in [2.24, 2.45) is 0 Å². The molecule has 0 spiro atoms. The van der Waals surface area contributed by atoms with Gasteiger partial charge in [-0.2, -0.15) is 10.4 Å². The molecule has 0 aliphatic carbocycles. The Bertz CT molecular complexity index is 842. The van der Waals surface area contributed by atoms with Crippen LogP contribution in [0.2, 0.25) is 0 Å². The van der Waals surface area contributed by atoms with Crippen LogP contribution in [0.15, 0.2) is 60.8 Å². The molecule has 3 aromatic rings. The van der Waals surface area contributed by atoms with E-state index in [0.717, 1.165) is 23.5 Å². The van der Waals surface area contributed by atoms with Crippen molar-refractivity contribution in [3.63, 3.8) is 0 Å². The molecule has 2 aromatic carbocycles. The van der Waals surface area contributed by atoms with E-state index in [-0.39, 0.29) is 6.04 Å². The number of benzene rings is 2. The van der Waals surface area contributed by atoms with Gasteiger partial charge in [0.25, 0.3) is 0 Å². The second kappa shape index (κ2) is 7.12. The van der Waals surface area contributed by atoms with Crippen molar-refractivity contribution >= 4 is 0 Å². The first-order valence-corrected chi connectivity index (χ1v) is 8.01. The van der Waals surface area contributed by atoms with Gasteiger partial charge in [-0.05, 0) is 43.7 Å². The Morgan fingerprint density at radius 2 is 1.83 bits per heavy atom. The molecule has 1 unspecified atom stereocenters. The van der Waals surface area contributed by atoms with Crippen molar-refractivity contribution in [1.82, 2.24) is 15.1 Å². The topological polar surface area (TPSA) is 53.6 Å². The second-order valence-corrected chi connectivity index (χ2v) is 5.84. The summed E-state index contributed by atoms with van der Waals surface area (Å²) in [4.78, 5) is 0. The highest BCUT2D eigenvalue weighted by molar-refractivity contribution is 5.35. The van der Waals surface area contributed by atoms with Gasteiger partial charge in [0.2, 0.25) is 0 Å². The van der Waals surface area contributed by atoms with Crippen LogP contribution in [0.1, 0.15) is 35.3 Å². The van der Waals surface area contributed by atoms with Crippen LogP contribution in [0.4, 0.5) is 0 Å². The molecule has 3 rings (SSSR count). The molecule has 0 amide bonds. The molecule has 4 nitrogen and oxygen atoms in total. The maximum absolute atomic E-state index is 8.85. The fraction of sp³-hybridized carbons (Fsp3) is 0.200. The summed E-state index contributed by atoms with van der Waals surface area (Å²) >= 11 is 0. The predicted octanol–water partition coefficient (Wildman–Crippen LogP) is 3.90. The Morgan fingerprint density at radius 3 is 2.50 bits per heavy atom. The molecule has 0 fully saturated rings. The van der Waals surface area contributed by atoms with Crippen LogP contribution < -0.4 is 5.32 Å². The smallest absolute Gasteiger partial charge is 0.0991 e. The molecule has 0 bridgehead atoms. The predicted molar refractivity (Wildman–Crippen MR) is 94.7 cm³/mol. The lowest BCUT2D eigenvalue weighted by Gasteiger charge is -2.14. The lowest BCUT2D eigenvalue weighted by Crippen LogP contribution is -2.18. The molecule has 1 N–H and O–H groups in total. The number of nitrogens with one attached hydrogen (secondary N) is 1. The van der Waals surface area contributed by atoms with E-state index in [0.29, 0.717) is 5.56 Å². The molecule has 1 aromatic heterocycles. The maximum Gasteiger partial charge on any atom is 0.0991 e. The SMILES string of the molecule is Cc1c(C(C)NCc2ccc(C#N)cc2)cnn1-c1ccccc1. The van der Waals surface area contributed by atoms with E-state index in [1.165, 1.54) is 5.56 Å². The molecule has 0 saturated heterocycles. The van der Waals surface area contributed by atoms with Gasteiger partial charge in [-0.1, -0.05) is 30.3 Å². The number of nitrogens with zero attached hydrogens (tertiary/aromatic N) is 3. The van der Waals surface area contributed by atoms with Gasteiger partial charge in [-0.3, -0.25) is 0 Å². The van der Waals surface area contributed by atoms with Crippen LogP contribution >= 0.6 is 0 Å². The first kappa shape index (κ1) is 16.0. The molecule has 24 heavy (non-hydrogen) atoms. The van der Waals surface area contributed by atoms with Crippen molar-refractivity contribution in [1.29, 1.82) is 5.26 Å². The Hall–Kier alpha value is -2.90. The fourth-order valence-electron chi connectivity index (χ4n) is 2.75. The average Bonchev–Trinajstić information content (AvgIpc) is 3.02. The summed E-state index contributed by atoms with van der Waals surface area (Å²) in [5, 5.41) is 16.9. The standard InChI is InChI=1S/C20H20N4/c1-15(22-13-18-10-8-17(12-21)9-11-18)20-14-23-24(16(20)2)19-6-4-3-5-7-19/h3-11,14-15,22H,13H2,1-2H3. The molecule has 0 saturated carbocycles. The molecule has 120 valence electrons. The van der Waals surface area contributed by atoms with Crippen molar-refractivity contribution in [3.05, 3.63) is 83.2 Å². The van der Waals surface area contributed by atoms with E-state index in [1.54, 1.807) is 0 Å². The highest BCUT2D eigenvalue weighted by atomic mass is 15.3. The summed E-state index contributed by atoms with van der Waals surface area (Å²) in [6.07, 6.45) is 1.93. The third kappa shape index (κ3) is 3.37. The molecule has 0 aliphatic rings. The maximum atomic E-state index is 8.85. The minimum atomic E-state index is 0.193. The summed E-state index contributed by atoms with van der Waals surface area (Å²) in [7, 11) is 0. The quantitative estimate of drug-likeness (QED) is 0.776. The zero-order valence-electron chi connectivity index (χ0n) is 13.9. The van der Waals surface area contributed by atoms with Gasteiger partial charge in [0.1, 0.15) is 0 Å². The highest BCUT2D eigenvalue weighted by Crippen LogP contribution is 2.20. The Labute approximate surface area is 142 Å². The van der Waals surface area contributed by atoms with Gasteiger partial charge in [0.05, 0.1) is 23.5 Å². The van der Waals surface area contributed by atoms with E-state index >= 15 is 0 Å². The molecular weight excluding hydrogens is 296 g/mol. The lowest BCUT2D eigenvalue weighted by molar-refractivity contribution is 0.571. The molecule has 1 heterocycles. The highest BCUT2D eigenvalue weighted by Gasteiger charge is 2.13. The third-order valence-electron chi connectivity index (χ3n) is 4.21. The van der Waals surface area contributed by atoms with Gasteiger partial charge in [0, 0.05) is 23.8 Å². The Balaban J connectivity index is 1.70. The largest absolute Gasteiger partial charge is 0.306 e. The molecular formula is C20H20N4. The normalized spacial score (nSPS) is 11.9. The lowest BCUT2D eigenvalue weighted by atomic mass is 10.1. The van der Waals surface area contributed by atoms with Gasteiger partial charge in [-0.15, -0.1) is 0 Å². The van der Waals surface area contributed by atoms with Crippen molar-refractivity contribution < 1.29 is 0 Å². The zero-order chi connectivity index (χ0) is 16.9. The summed E-state index contributed by atoms with van der Waals surface area (Å²) in [5.41, 5.74) is 5.25. The summed E-state index contributed by atoms with van der Waals surface area (Å²) in [6.45, 7) is 4.99. The number of rotatable bonds is 5. The minimum Gasteiger partial charge on any atom is -0.306 e. The number of nitriles is 1. The van der Waals surface area contributed by atoms with E-state index in [1.807, 2.05) is 53.3 Å². The van der Waals surface area contributed by atoms with Crippen LogP contribution in [0.3, 0.4) is 0 Å². The van der Waals surface area contributed by atoms with Crippen LogP contribution in [0.25, 0.3) is 5.69 Å². The van der Waals surface area contributed by atoms with Crippen molar-refractivity contribution in [2.75, 3.05) is 0 Å². The first-order valence-electron chi connectivity index (χ1n) is 8.01. The number of para-hydroxylation sites is 1. The molecule has 0 radical (unpaired) electrons. The van der Waals surface area contributed by atoms with E-state index in [2.05, 4.69) is 42.5 Å². The summed E-state index contributed by atoms with van der Waals surface area (Å²) in [5.74, 6) is 0. The zero-order valence-corrected chi connectivity index (χ0v) is 13.9. The summed E-state index contributed by atoms with van der Waals surface area (Å²) in [6, 6.07) is 20.1. The molecule has 0 aliphatic heterocycles. The second-order valence-electron chi connectivity index (χ2n) is 5.84. The first-order chi connectivity index (χ1) is 11.7. The molecule has 4 heteroatoms. The van der Waals surface area contributed by atoms with Crippen LogP contribution in [0.5, 0.6) is 0 Å². The Morgan fingerprint density at radius 1 is 1.12 bits per heavy atom. The van der Waals surface area contributed by atoms with Crippen LogP contribution in [-0.4, -0.2) is 9.78 Å². The van der Waals surface area contributed by atoms with E-state index in [4.69, 9.17) is 5.26 Å². The fourth-order valence-corrected chi connectivity index (χ4v) is 2.75.